The number of nitrogens with one attached hydrogen (secondary N) is 2. The van der Waals surface area contributed by atoms with Gasteiger partial charge >= 0.3 is 6.09 Å². The maximum Gasteiger partial charge on any atom is 0.413 e. The minimum absolute atomic E-state index is 0.189. The Bertz CT molecular complexity index is 947. The number of fused-ring (bicyclic) bond motifs is 1. The Balaban J connectivity index is 1.81. The van der Waals surface area contributed by atoms with Crippen LogP contribution in [0.5, 0.6) is 0 Å². The molecule has 3 amide bonds. The molecule has 0 aliphatic heterocycles. The van der Waals surface area contributed by atoms with Gasteiger partial charge in [0.05, 0.1) is 19.1 Å². The van der Waals surface area contributed by atoms with Crippen LogP contribution in [0, 0.1) is 5.92 Å². The maximum atomic E-state index is 12.7. The fourth-order valence-electron chi connectivity index (χ4n) is 3.66. The van der Waals surface area contributed by atoms with Crippen molar-refractivity contribution in [2.45, 2.75) is 52.4 Å². The Labute approximate surface area is 181 Å². The number of carbonyl (C=O) groups excluding carboxylic acids is 3. The Kier molecular flexibility index (Phi) is 6.92. The van der Waals surface area contributed by atoms with Crippen molar-refractivity contribution in [1.82, 2.24) is 5.32 Å². The van der Waals surface area contributed by atoms with Crippen molar-refractivity contribution in [3.63, 3.8) is 0 Å². The van der Waals surface area contributed by atoms with Gasteiger partial charge in [0, 0.05) is 4.88 Å². The normalized spacial score (nSPS) is 15.4. The first-order valence-electron chi connectivity index (χ1n) is 10.2. The van der Waals surface area contributed by atoms with E-state index in [1.54, 1.807) is 0 Å². The SMILES string of the molecule is COC(=O)NC(=O)c1c(NC(=O)Cc2ccc(C(C)C)cc2)sc2c1CCC(C)C2. The van der Waals surface area contributed by atoms with Gasteiger partial charge in [-0.3, -0.25) is 14.9 Å². The lowest BCUT2D eigenvalue weighted by Crippen LogP contribution is -2.31. The summed E-state index contributed by atoms with van der Waals surface area (Å²) in [6, 6.07) is 7.99. The van der Waals surface area contributed by atoms with Gasteiger partial charge in [-0.25, -0.2) is 4.79 Å². The number of rotatable bonds is 5. The number of thiophene rings is 1. The van der Waals surface area contributed by atoms with Gasteiger partial charge in [-0.05, 0) is 47.8 Å². The number of carbonyl (C=O) groups is 3. The summed E-state index contributed by atoms with van der Waals surface area (Å²) in [7, 11) is 1.21. The molecule has 1 atom stereocenters. The van der Waals surface area contributed by atoms with Crippen molar-refractivity contribution in [2.24, 2.45) is 5.92 Å². The number of imide groups is 1. The number of ether oxygens (including phenoxy) is 1. The number of methoxy groups -OCH3 is 1. The van der Waals surface area contributed by atoms with E-state index in [1.165, 1.54) is 24.0 Å². The molecule has 2 N–H and O–H groups in total. The predicted octanol–water partition coefficient (Wildman–Crippen LogP) is 4.67. The predicted molar refractivity (Wildman–Crippen MR) is 118 cm³/mol. The van der Waals surface area contributed by atoms with Crippen LogP contribution in [0.3, 0.4) is 0 Å². The van der Waals surface area contributed by atoms with E-state index in [9.17, 15) is 14.4 Å². The first-order valence-corrected chi connectivity index (χ1v) is 11.0. The molecule has 6 nitrogen and oxygen atoms in total. The van der Waals surface area contributed by atoms with Crippen molar-refractivity contribution in [2.75, 3.05) is 12.4 Å². The van der Waals surface area contributed by atoms with Gasteiger partial charge < -0.3 is 10.1 Å². The molecule has 1 aromatic heterocycles. The summed E-state index contributed by atoms with van der Waals surface area (Å²) in [5, 5.41) is 5.64. The number of alkyl carbamates (subject to hydrolysis) is 1. The maximum absolute atomic E-state index is 12.7. The Hall–Kier alpha value is -2.67. The van der Waals surface area contributed by atoms with Crippen LogP contribution in [0.2, 0.25) is 0 Å². The molecule has 30 heavy (non-hydrogen) atoms. The zero-order valence-corrected chi connectivity index (χ0v) is 18.7. The molecule has 0 saturated heterocycles. The lowest BCUT2D eigenvalue weighted by Gasteiger charge is -2.18. The molecular weight excluding hydrogens is 400 g/mol. The molecular formula is C23H28N2O4S. The number of amides is 3. The summed E-state index contributed by atoms with van der Waals surface area (Å²) >= 11 is 1.43. The van der Waals surface area contributed by atoms with Gasteiger partial charge in [0.2, 0.25) is 5.91 Å². The molecule has 0 bridgehead atoms. The van der Waals surface area contributed by atoms with Gasteiger partial charge in [-0.2, -0.15) is 0 Å². The van der Waals surface area contributed by atoms with E-state index >= 15 is 0 Å². The second kappa shape index (κ2) is 9.43. The van der Waals surface area contributed by atoms with Crippen LogP contribution in [-0.4, -0.2) is 25.0 Å². The smallest absolute Gasteiger partial charge is 0.413 e. The lowest BCUT2D eigenvalue weighted by molar-refractivity contribution is -0.115. The van der Waals surface area contributed by atoms with Crippen molar-refractivity contribution in [1.29, 1.82) is 0 Å². The van der Waals surface area contributed by atoms with Gasteiger partial charge in [0.15, 0.2) is 0 Å². The highest BCUT2D eigenvalue weighted by Gasteiger charge is 2.29. The van der Waals surface area contributed by atoms with Gasteiger partial charge in [-0.1, -0.05) is 45.0 Å². The molecule has 3 rings (SSSR count). The summed E-state index contributed by atoms with van der Waals surface area (Å²) in [5.41, 5.74) is 3.44. The molecule has 1 heterocycles. The van der Waals surface area contributed by atoms with Crippen molar-refractivity contribution in [3.05, 3.63) is 51.4 Å². The molecule has 2 aromatic rings. The highest BCUT2D eigenvalue weighted by atomic mass is 32.1. The number of hydrogen-bond donors (Lipinski definition) is 2. The van der Waals surface area contributed by atoms with E-state index in [4.69, 9.17) is 0 Å². The van der Waals surface area contributed by atoms with E-state index in [1.807, 2.05) is 24.3 Å². The molecule has 1 aromatic carbocycles. The van der Waals surface area contributed by atoms with Crippen LogP contribution in [0.1, 0.15) is 65.0 Å². The van der Waals surface area contributed by atoms with E-state index in [0.717, 1.165) is 35.3 Å². The third-order valence-electron chi connectivity index (χ3n) is 5.40. The Morgan fingerprint density at radius 3 is 2.53 bits per heavy atom. The first-order chi connectivity index (χ1) is 14.3. The van der Waals surface area contributed by atoms with E-state index in [0.29, 0.717) is 22.4 Å². The molecule has 160 valence electrons. The second-order valence-electron chi connectivity index (χ2n) is 8.12. The molecule has 7 heteroatoms. The van der Waals surface area contributed by atoms with Crippen molar-refractivity contribution in [3.8, 4) is 0 Å². The van der Waals surface area contributed by atoms with E-state index in [2.05, 4.69) is 36.1 Å². The van der Waals surface area contributed by atoms with Gasteiger partial charge in [0.25, 0.3) is 5.91 Å². The average molecular weight is 429 g/mol. The van der Waals surface area contributed by atoms with Gasteiger partial charge in [-0.15, -0.1) is 11.3 Å². The van der Waals surface area contributed by atoms with Crippen LogP contribution in [0.4, 0.5) is 9.80 Å². The third-order valence-corrected chi connectivity index (χ3v) is 6.57. The number of anilines is 1. The van der Waals surface area contributed by atoms with Crippen molar-refractivity contribution >= 4 is 34.2 Å². The summed E-state index contributed by atoms with van der Waals surface area (Å²) in [6.07, 6.45) is 1.99. The minimum atomic E-state index is -0.813. The molecule has 0 fully saturated rings. The summed E-state index contributed by atoms with van der Waals surface area (Å²) in [5.74, 6) is 0.232. The monoisotopic (exact) mass is 428 g/mol. The summed E-state index contributed by atoms with van der Waals surface area (Å²) in [6.45, 7) is 6.43. The standard InChI is InChI=1S/C23H28N2O4S/c1-13(2)16-8-6-15(7-9-16)12-19(26)24-22-20(21(27)25-23(28)29-4)17-10-5-14(3)11-18(17)30-22/h6-9,13-14H,5,10-12H2,1-4H3,(H,24,26)(H,25,27,28). The molecule has 1 unspecified atom stereocenters. The van der Waals surface area contributed by atoms with Crippen LogP contribution >= 0.6 is 11.3 Å². The molecule has 0 radical (unpaired) electrons. The van der Waals surface area contributed by atoms with E-state index in [-0.39, 0.29) is 12.3 Å². The molecule has 0 saturated carbocycles. The minimum Gasteiger partial charge on any atom is -0.453 e. The topological polar surface area (TPSA) is 84.5 Å². The quantitative estimate of drug-likeness (QED) is 0.725. The Morgan fingerprint density at radius 1 is 1.20 bits per heavy atom. The first kappa shape index (κ1) is 22.0. The third kappa shape index (κ3) is 5.08. The summed E-state index contributed by atoms with van der Waals surface area (Å²) in [4.78, 5) is 38.1. The molecule has 0 spiro atoms. The second-order valence-corrected chi connectivity index (χ2v) is 9.23. The highest BCUT2D eigenvalue weighted by Crippen LogP contribution is 2.39. The van der Waals surface area contributed by atoms with Crippen LogP contribution in [-0.2, 0) is 28.8 Å². The van der Waals surface area contributed by atoms with Crippen LogP contribution in [0.15, 0.2) is 24.3 Å². The summed E-state index contributed by atoms with van der Waals surface area (Å²) < 4.78 is 4.55. The zero-order valence-electron chi connectivity index (χ0n) is 17.8. The largest absolute Gasteiger partial charge is 0.453 e. The molecule has 1 aliphatic carbocycles. The number of hydrogen-bond acceptors (Lipinski definition) is 5. The lowest BCUT2D eigenvalue weighted by atomic mass is 9.88. The van der Waals surface area contributed by atoms with Crippen LogP contribution < -0.4 is 10.6 Å². The zero-order chi connectivity index (χ0) is 21.8. The van der Waals surface area contributed by atoms with Gasteiger partial charge in [0.1, 0.15) is 5.00 Å². The Morgan fingerprint density at radius 2 is 1.90 bits per heavy atom. The number of benzene rings is 1. The van der Waals surface area contributed by atoms with E-state index < -0.39 is 12.0 Å². The van der Waals surface area contributed by atoms with Crippen molar-refractivity contribution < 1.29 is 19.1 Å². The average Bonchev–Trinajstić information content (AvgIpc) is 3.04. The fourth-order valence-corrected chi connectivity index (χ4v) is 5.09. The molecule has 1 aliphatic rings. The fraction of sp³-hybridized carbons (Fsp3) is 0.435. The van der Waals surface area contributed by atoms with Crippen LogP contribution in [0.25, 0.3) is 0 Å². The highest BCUT2D eigenvalue weighted by molar-refractivity contribution is 7.17.